The van der Waals surface area contributed by atoms with Crippen molar-refractivity contribution in [2.45, 2.75) is 51.6 Å². The summed E-state index contributed by atoms with van der Waals surface area (Å²) in [4.78, 5) is 47.3. The molecule has 1 aliphatic rings. The summed E-state index contributed by atoms with van der Waals surface area (Å²) in [5.41, 5.74) is 7.02. The molecule has 1 saturated heterocycles. The van der Waals surface area contributed by atoms with Crippen LogP contribution in [0.2, 0.25) is 0 Å². The number of aryl methyl sites for hydroxylation is 1. The number of carbonyl (C=O) groups is 3. The van der Waals surface area contributed by atoms with Crippen molar-refractivity contribution in [1.82, 2.24) is 20.2 Å². The molecule has 13 heteroatoms. The van der Waals surface area contributed by atoms with Gasteiger partial charge in [0.2, 0.25) is 11.8 Å². The number of anilines is 3. The van der Waals surface area contributed by atoms with Crippen molar-refractivity contribution in [1.29, 1.82) is 0 Å². The SMILES string of the molecule is CCc1nc(C(N)=O)c(Nc2cccc(OCCCNC(=O)[C@H](C)N(C)C(=O)/C=C/CBr)c2)nc1NC1CCOCC1. The summed E-state index contributed by atoms with van der Waals surface area (Å²) in [7, 11) is 1.59. The van der Waals surface area contributed by atoms with Crippen molar-refractivity contribution in [3.63, 3.8) is 0 Å². The summed E-state index contributed by atoms with van der Waals surface area (Å²) in [6.45, 7) is 5.75. The van der Waals surface area contributed by atoms with Crippen molar-refractivity contribution in [2.24, 2.45) is 5.73 Å². The third-order valence-electron chi connectivity index (χ3n) is 6.74. The van der Waals surface area contributed by atoms with Crippen LogP contribution in [-0.2, 0) is 20.7 Å². The summed E-state index contributed by atoms with van der Waals surface area (Å²) in [6, 6.07) is 6.84. The first-order valence-electron chi connectivity index (χ1n) is 14.0. The van der Waals surface area contributed by atoms with Crippen molar-refractivity contribution < 1.29 is 23.9 Å². The summed E-state index contributed by atoms with van der Waals surface area (Å²) >= 11 is 3.23. The number of nitrogens with one attached hydrogen (secondary N) is 3. The van der Waals surface area contributed by atoms with Crippen molar-refractivity contribution in [3.05, 3.63) is 47.8 Å². The van der Waals surface area contributed by atoms with E-state index in [1.807, 2.05) is 25.1 Å². The molecule has 0 aliphatic carbocycles. The third-order valence-corrected chi connectivity index (χ3v) is 7.12. The standard InChI is InChI=1S/C29H40BrN7O5/c1-4-23-27(33-20-11-16-41-17-12-20)36-28(25(35-23)26(31)39)34-21-8-5-9-22(18-21)42-15-7-14-32-29(40)19(2)37(3)24(38)10-6-13-30/h5-6,8-10,18-20H,4,7,11-17H2,1-3H3,(H2,31,39)(H,32,40)(H2,33,34,36)/b10-6+/t19-/m0/s1. The number of hydrogen-bond donors (Lipinski definition) is 4. The van der Waals surface area contributed by atoms with Crippen LogP contribution in [0.3, 0.4) is 0 Å². The van der Waals surface area contributed by atoms with Crippen LogP contribution in [0.15, 0.2) is 36.4 Å². The van der Waals surface area contributed by atoms with Crippen LogP contribution in [0.25, 0.3) is 0 Å². The first kappa shape index (κ1) is 32.8. The second-order valence-corrected chi connectivity index (χ2v) is 10.4. The van der Waals surface area contributed by atoms with Crippen LogP contribution in [-0.4, -0.2) is 83.4 Å². The fourth-order valence-electron chi connectivity index (χ4n) is 4.18. The minimum atomic E-state index is -0.674. The van der Waals surface area contributed by atoms with E-state index in [0.29, 0.717) is 67.5 Å². The molecule has 0 spiro atoms. The number of likely N-dealkylation sites (N-methyl/N-ethyl adjacent to an activating group) is 1. The number of benzene rings is 1. The maximum atomic E-state index is 12.4. The zero-order valence-electron chi connectivity index (χ0n) is 24.3. The number of allylic oxidation sites excluding steroid dienone is 1. The Hall–Kier alpha value is -3.71. The second-order valence-electron chi connectivity index (χ2n) is 9.79. The molecule has 3 rings (SSSR count). The summed E-state index contributed by atoms with van der Waals surface area (Å²) in [5.74, 6) is 0.322. The number of nitrogens with two attached hydrogens (primary N) is 1. The van der Waals surface area contributed by atoms with Gasteiger partial charge in [0.15, 0.2) is 17.3 Å². The van der Waals surface area contributed by atoms with Crippen molar-refractivity contribution in [2.75, 3.05) is 49.4 Å². The molecule has 12 nitrogen and oxygen atoms in total. The van der Waals surface area contributed by atoms with Crippen LogP contribution in [0.1, 0.15) is 49.3 Å². The van der Waals surface area contributed by atoms with E-state index in [2.05, 4.69) is 36.9 Å². The number of amides is 3. The minimum absolute atomic E-state index is 0.0622. The average molecular weight is 647 g/mol. The Balaban J connectivity index is 1.57. The van der Waals surface area contributed by atoms with Crippen LogP contribution in [0, 0.1) is 0 Å². The van der Waals surface area contributed by atoms with Gasteiger partial charge in [0.05, 0.1) is 12.3 Å². The lowest BCUT2D eigenvalue weighted by Crippen LogP contribution is -2.45. The largest absolute Gasteiger partial charge is 0.493 e. The highest BCUT2D eigenvalue weighted by Crippen LogP contribution is 2.26. The summed E-state index contributed by atoms with van der Waals surface area (Å²) in [6.07, 6.45) is 5.98. The molecule has 228 valence electrons. The number of primary amides is 1. The topological polar surface area (TPSA) is 161 Å². The van der Waals surface area contributed by atoms with Gasteiger partial charge in [0.1, 0.15) is 11.8 Å². The van der Waals surface area contributed by atoms with Gasteiger partial charge in [-0.05, 0) is 50.8 Å². The van der Waals surface area contributed by atoms with Gasteiger partial charge in [0, 0.05) is 49.9 Å². The quantitative estimate of drug-likeness (QED) is 0.130. The Kier molecular flexibility index (Phi) is 13.0. The normalized spacial score (nSPS) is 14.3. The van der Waals surface area contributed by atoms with Gasteiger partial charge in [-0.1, -0.05) is 35.0 Å². The van der Waals surface area contributed by atoms with Gasteiger partial charge in [0.25, 0.3) is 5.91 Å². The molecule has 42 heavy (non-hydrogen) atoms. The molecule has 1 aromatic carbocycles. The molecule has 3 amide bonds. The minimum Gasteiger partial charge on any atom is -0.493 e. The lowest BCUT2D eigenvalue weighted by Gasteiger charge is -2.25. The molecular weight excluding hydrogens is 606 g/mol. The Morgan fingerprint density at radius 2 is 2.00 bits per heavy atom. The van der Waals surface area contributed by atoms with Gasteiger partial charge >= 0.3 is 0 Å². The van der Waals surface area contributed by atoms with Gasteiger partial charge in [-0.15, -0.1) is 0 Å². The number of alkyl halides is 1. The molecule has 0 saturated carbocycles. The van der Waals surface area contributed by atoms with E-state index in [9.17, 15) is 14.4 Å². The zero-order valence-corrected chi connectivity index (χ0v) is 25.9. The molecule has 1 aromatic heterocycles. The Morgan fingerprint density at radius 3 is 2.69 bits per heavy atom. The molecular formula is C29H40BrN7O5. The van der Waals surface area contributed by atoms with Crippen LogP contribution in [0.5, 0.6) is 5.75 Å². The number of carbonyl (C=O) groups excluding carboxylic acids is 3. The molecule has 2 heterocycles. The predicted molar refractivity (Wildman–Crippen MR) is 165 cm³/mol. The molecule has 1 fully saturated rings. The molecule has 0 unspecified atom stereocenters. The van der Waals surface area contributed by atoms with Gasteiger partial charge < -0.3 is 36.1 Å². The molecule has 1 atom stereocenters. The summed E-state index contributed by atoms with van der Waals surface area (Å²) < 4.78 is 11.3. The molecule has 5 N–H and O–H groups in total. The number of hydrogen-bond acceptors (Lipinski definition) is 9. The molecule has 0 bridgehead atoms. The monoisotopic (exact) mass is 645 g/mol. The van der Waals surface area contributed by atoms with Crippen molar-refractivity contribution >= 4 is 51.0 Å². The molecule has 2 aromatic rings. The van der Waals surface area contributed by atoms with Crippen LogP contribution >= 0.6 is 15.9 Å². The van der Waals surface area contributed by atoms with Gasteiger partial charge in [-0.2, -0.15) is 0 Å². The van der Waals surface area contributed by atoms with E-state index >= 15 is 0 Å². The lowest BCUT2D eigenvalue weighted by molar-refractivity contribution is -0.135. The number of rotatable bonds is 15. The molecule has 0 radical (unpaired) electrons. The van der Waals surface area contributed by atoms with E-state index in [-0.39, 0.29) is 29.4 Å². The number of ether oxygens (including phenoxy) is 2. The highest BCUT2D eigenvalue weighted by atomic mass is 79.9. The van der Waals surface area contributed by atoms with E-state index in [1.165, 1.54) is 11.0 Å². The Bertz CT molecular complexity index is 1250. The number of aromatic nitrogens is 2. The van der Waals surface area contributed by atoms with Gasteiger partial charge in [-0.25, -0.2) is 9.97 Å². The summed E-state index contributed by atoms with van der Waals surface area (Å²) in [5, 5.41) is 10.0. The predicted octanol–water partition coefficient (Wildman–Crippen LogP) is 3.16. The molecule has 1 aliphatic heterocycles. The average Bonchev–Trinajstić information content (AvgIpc) is 2.99. The fraction of sp³-hybridized carbons (Fsp3) is 0.483. The highest BCUT2D eigenvalue weighted by Gasteiger charge is 2.22. The van der Waals surface area contributed by atoms with Crippen LogP contribution in [0.4, 0.5) is 17.3 Å². The highest BCUT2D eigenvalue weighted by molar-refractivity contribution is 9.09. The van der Waals surface area contributed by atoms with Gasteiger partial charge in [-0.3, -0.25) is 14.4 Å². The number of nitrogens with zero attached hydrogens (tertiary/aromatic N) is 3. The smallest absolute Gasteiger partial charge is 0.271 e. The second kappa shape index (κ2) is 16.7. The van der Waals surface area contributed by atoms with E-state index in [1.54, 1.807) is 26.1 Å². The van der Waals surface area contributed by atoms with Crippen LogP contribution < -0.4 is 26.4 Å². The maximum Gasteiger partial charge on any atom is 0.271 e. The number of halogens is 1. The maximum absolute atomic E-state index is 12.4. The van der Waals surface area contributed by atoms with E-state index < -0.39 is 11.9 Å². The zero-order chi connectivity index (χ0) is 30.5. The van der Waals surface area contributed by atoms with E-state index in [4.69, 9.17) is 20.2 Å². The first-order chi connectivity index (χ1) is 20.2. The van der Waals surface area contributed by atoms with Crippen molar-refractivity contribution in [3.8, 4) is 5.75 Å². The van der Waals surface area contributed by atoms with E-state index in [0.717, 1.165) is 12.8 Å². The third kappa shape index (κ3) is 9.69. The fourth-order valence-corrected chi connectivity index (χ4v) is 4.36. The first-order valence-corrected chi connectivity index (χ1v) is 15.2. The Labute approximate surface area is 254 Å². The lowest BCUT2D eigenvalue weighted by atomic mass is 10.1. The Morgan fingerprint density at radius 1 is 1.24 bits per heavy atom.